The molecular weight excluding hydrogens is 306 g/mol. The van der Waals surface area contributed by atoms with Gasteiger partial charge in [0.2, 0.25) is 0 Å². The lowest BCUT2D eigenvalue weighted by atomic mass is 10.2. The van der Waals surface area contributed by atoms with Crippen molar-refractivity contribution in [1.29, 1.82) is 0 Å². The Morgan fingerprint density at radius 3 is 2.56 bits per heavy atom. The zero-order valence-electron chi connectivity index (χ0n) is 9.39. The number of hydrogen-bond donors (Lipinski definition) is 0. The molecule has 2 aromatic heterocycles. The third-order valence-electron chi connectivity index (χ3n) is 2.16. The van der Waals surface area contributed by atoms with Gasteiger partial charge in [-0.3, -0.25) is 0 Å². The fraction of sp³-hybridized carbons (Fsp3) is 0.182. The maximum Gasteiger partial charge on any atom is 0.309 e. The van der Waals surface area contributed by atoms with Gasteiger partial charge in [0.15, 0.2) is 5.82 Å². The lowest BCUT2D eigenvalue weighted by molar-refractivity contribution is 0.0460. The fourth-order valence-corrected chi connectivity index (χ4v) is 1.64. The first kappa shape index (κ1) is 12.8. The summed E-state index contributed by atoms with van der Waals surface area (Å²) in [5.41, 5.74) is -0.393. The lowest BCUT2D eigenvalue weighted by Gasteiger charge is -2.10. The summed E-state index contributed by atoms with van der Waals surface area (Å²) in [6.07, 6.45) is 3.71. The molecule has 18 heavy (non-hydrogen) atoms. The molecule has 0 saturated heterocycles. The van der Waals surface area contributed by atoms with Gasteiger partial charge >= 0.3 is 5.92 Å². The van der Waals surface area contributed by atoms with Gasteiger partial charge in [0, 0.05) is 6.20 Å². The third-order valence-corrected chi connectivity index (χ3v) is 2.58. The third kappa shape index (κ3) is 2.61. The van der Waals surface area contributed by atoms with Crippen LogP contribution in [0.3, 0.4) is 0 Å². The van der Waals surface area contributed by atoms with Crippen molar-refractivity contribution in [3.8, 4) is 5.82 Å². The average Bonchev–Trinajstić information content (AvgIpc) is 2.76. The fourth-order valence-electron chi connectivity index (χ4n) is 1.35. The molecule has 0 aliphatic carbocycles. The molecule has 4 nitrogen and oxygen atoms in total. The monoisotopic (exact) mass is 314 g/mol. The molecule has 0 unspecified atom stereocenters. The second kappa shape index (κ2) is 4.93. The molecule has 0 spiro atoms. The number of allylic oxidation sites excluding steroid dienone is 2. The Morgan fingerprint density at radius 2 is 2.06 bits per heavy atom. The van der Waals surface area contributed by atoms with E-state index in [2.05, 4.69) is 31.2 Å². The van der Waals surface area contributed by atoms with Crippen molar-refractivity contribution in [3.05, 3.63) is 46.8 Å². The highest BCUT2D eigenvalue weighted by Crippen LogP contribution is 2.27. The summed E-state index contributed by atoms with van der Waals surface area (Å²) in [5.74, 6) is -2.73. The van der Waals surface area contributed by atoms with Crippen molar-refractivity contribution in [2.45, 2.75) is 12.8 Å². The molecule has 2 heterocycles. The lowest BCUT2D eigenvalue weighted by Crippen LogP contribution is -2.13. The van der Waals surface area contributed by atoms with Crippen LogP contribution in [0.4, 0.5) is 8.78 Å². The van der Waals surface area contributed by atoms with E-state index in [1.807, 2.05) is 0 Å². The Kier molecular flexibility index (Phi) is 3.51. The summed E-state index contributed by atoms with van der Waals surface area (Å²) >= 11 is 3.19. The molecule has 2 rings (SSSR count). The molecule has 0 N–H and O–H groups in total. The molecule has 0 aliphatic rings. The average molecular weight is 315 g/mol. The van der Waals surface area contributed by atoms with Crippen LogP contribution >= 0.6 is 15.9 Å². The first-order valence-electron chi connectivity index (χ1n) is 5.10. The Balaban J connectivity index is 2.31. The zero-order valence-corrected chi connectivity index (χ0v) is 11.0. The summed E-state index contributed by atoms with van der Waals surface area (Å²) in [5, 5.41) is 11.3. The van der Waals surface area contributed by atoms with Gasteiger partial charge in [-0.15, -0.1) is 10.2 Å². The number of rotatable bonds is 3. The minimum atomic E-state index is -3.11. The number of halogens is 3. The quantitative estimate of drug-likeness (QED) is 0.818. The van der Waals surface area contributed by atoms with E-state index in [4.69, 9.17) is 0 Å². The van der Waals surface area contributed by atoms with Gasteiger partial charge < -0.3 is 0 Å². The second-order valence-electron chi connectivity index (χ2n) is 3.48. The van der Waals surface area contributed by atoms with E-state index in [0.717, 1.165) is 6.08 Å². The molecule has 0 saturated carbocycles. The first-order chi connectivity index (χ1) is 8.53. The van der Waals surface area contributed by atoms with E-state index in [-0.39, 0.29) is 0 Å². The molecule has 94 valence electrons. The van der Waals surface area contributed by atoms with Gasteiger partial charge in [0.25, 0.3) is 0 Å². The zero-order chi connectivity index (χ0) is 13.2. The van der Waals surface area contributed by atoms with Crippen LogP contribution in [0.1, 0.15) is 12.6 Å². The van der Waals surface area contributed by atoms with Crippen molar-refractivity contribution in [2.75, 3.05) is 0 Å². The number of alkyl halides is 2. The van der Waals surface area contributed by atoms with E-state index in [9.17, 15) is 8.78 Å². The summed E-state index contributed by atoms with van der Waals surface area (Å²) in [6.45, 7) is 1.52. The van der Waals surface area contributed by atoms with E-state index in [1.165, 1.54) is 29.8 Å². The maximum atomic E-state index is 13.5. The van der Waals surface area contributed by atoms with Crippen LogP contribution in [-0.2, 0) is 5.92 Å². The predicted octanol–water partition coefficient (Wildman–Crippen LogP) is 3.09. The summed E-state index contributed by atoms with van der Waals surface area (Å²) in [4.78, 5) is 0. The standard InChI is InChI=1S/C11H9BrF2N4/c1-2-6-11(13,14)8-3-4-10(16-15-8)18-7-5-9(12)17-18/h2-7H,1H3/b6-2+. The highest BCUT2D eigenvalue weighted by molar-refractivity contribution is 9.10. The predicted molar refractivity (Wildman–Crippen MR) is 65.6 cm³/mol. The molecule has 7 heteroatoms. The van der Waals surface area contributed by atoms with Crippen molar-refractivity contribution < 1.29 is 8.78 Å². The molecule has 2 aromatic rings. The Labute approximate surface area is 110 Å². The van der Waals surface area contributed by atoms with Crippen molar-refractivity contribution in [2.24, 2.45) is 0 Å². The molecule has 0 bridgehead atoms. The van der Waals surface area contributed by atoms with Crippen LogP contribution in [0.2, 0.25) is 0 Å². The van der Waals surface area contributed by atoms with Gasteiger partial charge in [-0.1, -0.05) is 6.08 Å². The number of nitrogens with zero attached hydrogens (tertiary/aromatic N) is 4. The highest BCUT2D eigenvalue weighted by Gasteiger charge is 2.29. The summed E-state index contributed by atoms with van der Waals surface area (Å²) in [6, 6.07) is 4.39. The molecular formula is C11H9BrF2N4. The number of hydrogen-bond acceptors (Lipinski definition) is 3. The Morgan fingerprint density at radius 1 is 1.28 bits per heavy atom. The maximum absolute atomic E-state index is 13.5. The normalized spacial score (nSPS) is 12.2. The van der Waals surface area contributed by atoms with Crippen molar-refractivity contribution in [3.63, 3.8) is 0 Å². The van der Waals surface area contributed by atoms with Gasteiger partial charge in [-0.05, 0) is 47.1 Å². The van der Waals surface area contributed by atoms with Crippen LogP contribution in [-0.4, -0.2) is 20.0 Å². The molecule has 0 amide bonds. The van der Waals surface area contributed by atoms with E-state index < -0.39 is 11.6 Å². The Bertz CT molecular complexity index is 563. The van der Waals surface area contributed by atoms with E-state index in [1.54, 1.807) is 12.3 Å². The SMILES string of the molecule is C/C=C/C(F)(F)c1ccc(-n2ccc(Br)n2)nn1. The van der Waals surface area contributed by atoms with E-state index >= 15 is 0 Å². The van der Waals surface area contributed by atoms with Gasteiger partial charge in [0.05, 0.1) is 0 Å². The molecule has 0 aliphatic heterocycles. The van der Waals surface area contributed by atoms with Crippen LogP contribution in [0.25, 0.3) is 5.82 Å². The molecule has 0 aromatic carbocycles. The van der Waals surface area contributed by atoms with E-state index in [0.29, 0.717) is 10.4 Å². The second-order valence-corrected chi connectivity index (χ2v) is 4.30. The molecule has 0 fully saturated rings. The minimum absolute atomic E-state index is 0.376. The molecule has 0 atom stereocenters. The largest absolute Gasteiger partial charge is 0.309 e. The van der Waals surface area contributed by atoms with Gasteiger partial charge in [0.1, 0.15) is 10.3 Å². The van der Waals surface area contributed by atoms with Crippen LogP contribution in [0, 0.1) is 0 Å². The summed E-state index contributed by atoms with van der Waals surface area (Å²) in [7, 11) is 0. The smallest absolute Gasteiger partial charge is 0.220 e. The highest BCUT2D eigenvalue weighted by atomic mass is 79.9. The van der Waals surface area contributed by atoms with Crippen LogP contribution in [0.5, 0.6) is 0 Å². The topological polar surface area (TPSA) is 43.6 Å². The first-order valence-corrected chi connectivity index (χ1v) is 5.89. The Hall–Kier alpha value is -1.63. The van der Waals surface area contributed by atoms with Crippen molar-refractivity contribution in [1.82, 2.24) is 20.0 Å². The summed E-state index contributed by atoms with van der Waals surface area (Å²) < 4.78 is 29.0. The van der Waals surface area contributed by atoms with Gasteiger partial charge in [-0.2, -0.15) is 13.9 Å². The van der Waals surface area contributed by atoms with Crippen LogP contribution in [0.15, 0.2) is 41.2 Å². The van der Waals surface area contributed by atoms with Crippen LogP contribution < -0.4 is 0 Å². The van der Waals surface area contributed by atoms with Gasteiger partial charge in [-0.25, -0.2) is 4.68 Å². The van der Waals surface area contributed by atoms with Crippen molar-refractivity contribution >= 4 is 15.9 Å². The minimum Gasteiger partial charge on any atom is -0.220 e. The molecule has 0 radical (unpaired) electrons. The number of aromatic nitrogens is 4.